The molecule has 0 spiro atoms. The van der Waals surface area contributed by atoms with Gasteiger partial charge in [0.25, 0.3) is 0 Å². The lowest BCUT2D eigenvalue weighted by atomic mass is 10.8. The Balaban J connectivity index is 2.00. The summed E-state index contributed by atoms with van der Waals surface area (Å²) in [7, 11) is 0. The molecule has 4 heteroatoms. The molecule has 1 aliphatic rings. The van der Waals surface area contributed by atoms with Gasteiger partial charge in [-0.2, -0.15) is 0 Å². The highest BCUT2D eigenvalue weighted by molar-refractivity contribution is 4.22. The van der Waals surface area contributed by atoms with Crippen molar-refractivity contribution in [3.63, 3.8) is 0 Å². The van der Waals surface area contributed by atoms with Gasteiger partial charge in [-0.3, -0.25) is 9.68 Å². The zero-order valence-electron chi connectivity index (χ0n) is 3.23. The molecule has 1 fully saturated rings. The summed E-state index contributed by atoms with van der Waals surface area (Å²) in [5, 5.41) is 0. The number of nitrogens with one attached hydrogen (secondary N) is 2. The monoisotopic (exact) mass is 90.0 g/mol. The lowest BCUT2D eigenvalue weighted by Crippen LogP contribution is -2.39. The van der Waals surface area contributed by atoms with Crippen molar-refractivity contribution in [1.29, 1.82) is 0 Å². The second-order valence-corrected chi connectivity index (χ2v) is 0.901. The van der Waals surface area contributed by atoms with Crippen molar-refractivity contribution in [2.75, 3.05) is 13.2 Å². The lowest BCUT2D eigenvalue weighted by molar-refractivity contribution is -0.174. The molecule has 0 bridgehead atoms. The first kappa shape index (κ1) is 4.01. The Kier molecular flexibility index (Phi) is 1.40. The molecule has 0 atom stereocenters. The van der Waals surface area contributed by atoms with E-state index in [1.54, 1.807) is 0 Å². The Morgan fingerprint density at radius 2 is 1.50 bits per heavy atom. The first-order valence-electron chi connectivity index (χ1n) is 1.74. The van der Waals surface area contributed by atoms with Crippen molar-refractivity contribution < 1.29 is 9.68 Å². The molecule has 0 radical (unpaired) electrons. The van der Waals surface area contributed by atoms with Gasteiger partial charge < -0.3 is 0 Å². The summed E-state index contributed by atoms with van der Waals surface area (Å²) in [4.78, 5) is 9.17. The molecule has 0 aromatic heterocycles. The molecule has 0 aliphatic carbocycles. The molecule has 0 saturated carbocycles. The lowest BCUT2D eigenvalue weighted by Gasteiger charge is -2.11. The molecule has 0 unspecified atom stereocenters. The van der Waals surface area contributed by atoms with Crippen molar-refractivity contribution >= 4 is 0 Å². The van der Waals surface area contributed by atoms with Gasteiger partial charge in [0.2, 0.25) is 0 Å². The van der Waals surface area contributed by atoms with Gasteiger partial charge in [-0.1, -0.05) is 0 Å². The van der Waals surface area contributed by atoms with Gasteiger partial charge in [0, 0.05) is 0 Å². The quantitative estimate of drug-likeness (QED) is 0.398. The van der Waals surface area contributed by atoms with Crippen LogP contribution in [-0.4, -0.2) is 13.2 Å². The van der Waals surface area contributed by atoms with E-state index < -0.39 is 0 Å². The van der Waals surface area contributed by atoms with Crippen LogP contribution in [-0.2, 0) is 9.68 Å². The standard InChI is InChI=1S/C2H6N2O2/c1-2-6-4-3-5-1/h3-4H,1-2H2. The third kappa shape index (κ3) is 0.908. The molecule has 0 aromatic rings. The van der Waals surface area contributed by atoms with E-state index in [9.17, 15) is 0 Å². The van der Waals surface area contributed by atoms with Crippen molar-refractivity contribution in [2.24, 2.45) is 0 Å². The average Bonchev–Trinajstić information content (AvgIpc) is 1.72. The van der Waals surface area contributed by atoms with Crippen molar-refractivity contribution in [1.82, 2.24) is 11.2 Å². The third-order valence-electron chi connectivity index (χ3n) is 0.473. The topological polar surface area (TPSA) is 42.5 Å². The van der Waals surface area contributed by atoms with E-state index in [0.717, 1.165) is 0 Å². The highest BCUT2D eigenvalue weighted by atomic mass is 16.8. The first-order valence-corrected chi connectivity index (χ1v) is 1.74. The smallest absolute Gasteiger partial charge is 0.0954 e. The Hall–Kier alpha value is -0.160. The predicted octanol–water partition coefficient (Wildman–Crippen LogP) is -1.04. The van der Waals surface area contributed by atoms with E-state index in [1.807, 2.05) is 0 Å². The zero-order valence-corrected chi connectivity index (χ0v) is 3.23. The van der Waals surface area contributed by atoms with Gasteiger partial charge >= 0.3 is 0 Å². The van der Waals surface area contributed by atoms with Crippen molar-refractivity contribution in [3.05, 3.63) is 0 Å². The predicted molar refractivity (Wildman–Crippen MR) is 18.2 cm³/mol. The molecular weight excluding hydrogens is 84.0 g/mol. The second-order valence-electron chi connectivity index (χ2n) is 0.901. The Labute approximate surface area is 35.3 Å². The maximum atomic E-state index is 4.58. The summed E-state index contributed by atoms with van der Waals surface area (Å²) in [5.41, 5.74) is 4.62. The normalized spacial score (nSPS) is 24.0. The molecule has 0 amide bonds. The fourth-order valence-corrected chi connectivity index (χ4v) is 0.244. The average molecular weight is 90.1 g/mol. The third-order valence-corrected chi connectivity index (χ3v) is 0.473. The van der Waals surface area contributed by atoms with Crippen LogP contribution in [0.5, 0.6) is 0 Å². The molecule has 1 saturated heterocycles. The van der Waals surface area contributed by atoms with Gasteiger partial charge in [-0.15, -0.1) is 11.2 Å². The van der Waals surface area contributed by atoms with Gasteiger partial charge in [0.1, 0.15) is 0 Å². The van der Waals surface area contributed by atoms with Crippen LogP contribution in [0, 0.1) is 0 Å². The van der Waals surface area contributed by atoms with Crippen molar-refractivity contribution in [2.45, 2.75) is 0 Å². The number of rotatable bonds is 0. The number of hydrazine groups is 1. The molecule has 1 rings (SSSR count). The van der Waals surface area contributed by atoms with Gasteiger partial charge in [0.05, 0.1) is 13.2 Å². The van der Waals surface area contributed by atoms with Gasteiger partial charge in [0.15, 0.2) is 0 Å². The Morgan fingerprint density at radius 3 is 1.67 bits per heavy atom. The SMILES string of the molecule is C1CONNO1. The van der Waals surface area contributed by atoms with Gasteiger partial charge in [-0.05, 0) is 0 Å². The van der Waals surface area contributed by atoms with Crippen LogP contribution in [0.3, 0.4) is 0 Å². The van der Waals surface area contributed by atoms with Crippen LogP contribution in [0.25, 0.3) is 0 Å². The minimum atomic E-state index is 0.604. The maximum absolute atomic E-state index is 4.58. The molecular formula is C2H6N2O2. The van der Waals surface area contributed by atoms with E-state index in [4.69, 9.17) is 0 Å². The summed E-state index contributed by atoms with van der Waals surface area (Å²) in [6, 6.07) is 0. The fraction of sp³-hybridized carbons (Fsp3) is 1.00. The van der Waals surface area contributed by atoms with Crippen LogP contribution in [0.4, 0.5) is 0 Å². The van der Waals surface area contributed by atoms with Crippen LogP contribution in [0.2, 0.25) is 0 Å². The van der Waals surface area contributed by atoms with Crippen LogP contribution < -0.4 is 11.2 Å². The van der Waals surface area contributed by atoms with Crippen LogP contribution >= 0.6 is 0 Å². The molecule has 6 heavy (non-hydrogen) atoms. The van der Waals surface area contributed by atoms with E-state index in [2.05, 4.69) is 20.9 Å². The minimum absolute atomic E-state index is 0.604. The highest BCUT2D eigenvalue weighted by Crippen LogP contribution is 1.72. The molecule has 2 N–H and O–H groups in total. The number of hydrogen-bond donors (Lipinski definition) is 2. The van der Waals surface area contributed by atoms with Crippen LogP contribution in [0.1, 0.15) is 0 Å². The van der Waals surface area contributed by atoms with Crippen molar-refractivity contribution in [3.8, 4) is 0 Å². The summed E-state index contributed by atoms with van der Waals surface area (Å²) in [6.07, 6.45) is 0. The largest absolute Gasteiger partial charge is 0.283 e. The molecule has 4 nitrogen and oxygen atoms in total. The maximum Gasteiger partial charge on any atom is 0.0954 e. The Morgan fingerprint density at radius 1 is 1.00 bits per heavy atom. The second kappa shape index (κ2) is 2.09. The van der Waals surface area contributed by atoms with Gasteiger partial charge in [-0.25, -0.2) is 0 Å². The van der Waals surface area contributed by atoms with Crippen LogP contribution in [0.15, 0.2) is 0 Å². The zero-order chi connectivity index (χ0) is 4.24. The summed E-state index contributed by atoms with van der Waals surface area (Å²) in [6.45, 7) is 1.21. The highest BCUT2D eigenvalue weighted by Gasteiger charge is 1.92. The summed E-state index contributed by atoms with van der Waals surface area (Å²) < 4.78 is 0. The van der Waals surface area contributed by atoms with E-state index in [0.29, 0.717) is 13.2 Å². The number of hydrogen-bond acceptors (Lipinski definition) is 4. The molecule has 1 aliphatic heterocycles. The fourth-order valence-electron chi connectivity index (χ4n) is 0.244. The molecule has 1 heterocycles. The first-order chi connectivity index (χ1) is 3.00. The summed E-state index contributed by atoms with van der Waals surface area (Å²) >= 11 is 0. The summed E-state index contributed by atoms with van der Waals surface area (Å²) in [5.74, 6) is 0. The minimum Gasteiger partial charge on any atom is -0.283 e. The van der Waals surface area contributed by atoms with E-state index in [-0.39, 0.29) is 0 Å². The van der Waals surface area contributed by atoms with E-state index in [1.165, 1.54) is 0 Å². The Bertz CT molecular complexity index is 25.0. The van der Waals surface area contributed by atoms with E-state index >= 15 is 0 Å². The molecule has 36 valence electrons. The molecule has 0 aromatic carbocycles.